The lowest BCUT2D eigenvalue weighted by Gasteiger charge is -2.16. The predicted molar refractivity (Wildman–Crippen MR) is 96.8 cm³/mol. The summed E-state index contributed by atoms with van der Waals surface area (Å²) in [6.07, 6.45) is 8.67. The third-order valence-corrected chi connectivity index (χ3v) is 4.93. The van der Waals surface area contributed by atoms with Crippen LogP contribution in [0, 0.1) is 23.7 Å². The third kappa shape index (κ3) is 9.06. The monoisotopic (exact) mass is 352 g/mol. The van der Waals surface area contributed by atoms with Crippen molar-refractivity contribution in [1.29, 1.82) is 0 Å². The number of hydrogen-bond donors (Lipinski definition) is 4. The number of aliphatic carboxylic acids is 1. The molecule has 0 amide bonds. The highest BCUT2D eigenvalue weighted by Crippen LogP contribution is 2.34. The van der Waals surface area contributed by atoms with E-state index in [4.69, 9.17) is 5.11 Å². The second-order valence-corrected chi connectivity index (χ2v) is 6.99. The number of carbonyl (C=O) groups is 1. The van der Waals surface area contributed by atoms with Crippen LogP contribution in [0.25, 0.3) is 0 Å². The molecular weight excluding hydrogens is 320 g/mol. The summed E-state index contributed by atoms with van der Waals surface area (Å²) in [7, 11) is 0. The van der Waals surface area contributed by atoms with Crippen molar-refractivity contribution >= 4 is 5.97 Å². The van der Waals surface area contributed by atoms with Gasteiger partial charge in [0.05, 0.1) is 12.2 Å². The minimum Gasteiger partial charge on any atom is -0.481 e. The topological polar surface area (TPSA) is 98.0 Å². The van der Waals surface area contributed by atoms with Crippen LogP contribution in [0.5, 0.6) is 0 Å². The van der Waals surface area contributed by atoms with E-state index in [0.29, 0.717) is 12.8 Å². The molecule has 0 bridgehead atoms. The van der Waals surface area contributed by atoms with Gasteiger partial charge in [-0.05, 0) is 37.7 Å². The van der Waals surface area contributed by atoms with Crippen LogP contribution in [0.2, 0.25) is 0 Å². The molecule has 0 radical (unpaired) electrons. The van der Waals surface area contributed by atoms with Crippen LogP contribution in [-0.4, -0.2) is 44.7 Å². The number of unbranched alkanes of at least 4 members (excludes halogenated alkanes) is 5. The number of allylic oxidation sites excluding steroid dienone is 1. The van der Waals surface area contributed by atoms with Gasteiger partial charge in [-0.25, -0.2) is 0 Å². The maximum Gasteiger partial charge on any atom is 0.303 e. The molecule has 0 aromatic carbocycles. The zero-order valence-corrected chi connectivity index (χ0v) is 15.1. The smallest absolute Gasteiger partial charge is 0.303 e. The number of carboxylic acids is 1. The summed E-state index contributed by atoms with van der Waals surface area (Å²) in [5.74, 6) is 4.96. The van der Waals surface area contributed by atoms with E-state index in [0.717, 1.165) is 38.5 Å². The number of hydrogen-bond acceptors (Lipinski definition) is 4. The fourth-order valence-electron chi connectivity index (χ4n) is 3.22. The van der Waals surface area contributed by atoms with E-state index < -0.39 is 24.3 Å². The Morgan fingerprint density at radius 1 is 1.16 bits per heavy atom. The molecule has 1 saturated carbocycles. The quantitative estimate of drug-likeness (QED) is 0.275. The second kappa shape index (κ2) is 12.1. The van der Waals surface area contributed by atoms with E-state index in [-0.39, 0.29) is 18.3 Å². The van der Waals surface area contributed by atoms with Crippen LogP contribution in [0.3, 0.4) is 0 Å². The van der Waals surface area contributed by atoms with Crippen LogP contribution in [0.4, 0.5) is 0 Å². The molecule has 1 aliphatic carbocycles. The van der Waals surface area contributed by atoms with Gasteiger partial charge in [0.2, 0.25) is 0 Å². The molecular formula is C20H32O5. The minimum absolute atomic E-state index is 0.0280. The molecule has 0 aromatic rings. The Balaban J connectivity index is 2.11. The highest BCUT2D eigenvalue weighted by atomic mass is 16.4. The standard InChI is InChI=1S/C20H32O5/c1-15-17(19(23)14-18(15)22)12-9-11-16(21)10-7-5-3-2-4-6-8-13-20(24)25/h7,10,15-19,21-23H,2-6,8,12-14H2,1H3,(H,24,25). The average molecular weight is 352 g/mol. The number of rotatable bonds is 10. The first-order valence-electron chi connectivity index (χ1n) is 9.33. The molecule has 0 aliphatic heterocycles. The summed E-state index contributed by atoms with van der Waals surface area (Å²) in [4.78, 5) is 10.4. The summed E-state index contributed by atoms with van der Waals surface area (Å²) >= 11 is 0. The summed E-state index contributed by atoms with van der Waals surface area (Å²) in [6.45, 7) is 1.92. The molecule has 1 fully saturated rings. The van der Waals surface area contributed by atoms with Gasteiger partial charge in [0.25, 0.3) is 0 Å². The molecule has 5 unspecified atom stereocenters. The fraction of sp³-hybridized carbons (Fsp3) is 0.750. The summed E-state index contributed by atoms with van der Waals surface area (Å²) < 4.78 is 0. The highest BCUT2D eigenvalue weighted by Gasteiger charge is 2.38. The first-order valence-corrected chi connectivity index (χ1v) is 9.33. The van der Waals surface area contributed by atoms with Crippen molar-refractivity contribution in [3.05, 3.63) is 12.2 Å². The van der Waals surface area contributed by atoms with Gasteiger partial charge < -0.3 is 20.4 Å². The van der Waals surface area contributed by atoms with Crippen LogP contribution < -0.4 is 0 Å². The Hall–Kier alpha value is -1.35. The number of aliphatic hydroxyl groups is 3. The van der Waals surface area contributed by atoms with Crippen molar-refractivity contribution in [3.63, 3.8) is 0 Å². The van der Waals surface area contributed by atoms with Crippen LogP contribution in [0.1, 0.15) is 64.7 Å². The van der Waals surface area contributed by atoms with Crippen molar-refractivity contribution in [2.75, 3.05) is 0 Å². The SMILES string of the molecule is CC1C(O)CC(O)C1CC#CC(O)C=CCCCCCCCC(=O)O. The lowest BCUT2D eigenvalue weighted by Crippen LogP contribution is -2.18. The van der Waals surface area contributed by atoms with Crippen LogP contribution >= 0.6 is 0 Å². The number of aliphatic hydroxyl groups excluding tert-OH is 3. The van der Waals surface area contributed by atoms with Gasteiger partial charge in [0.15, 0.2) is 0 Å². The van der Waals surface area contributed by atoms with Crippen molar-refractivity contribution in [3.8, 4) is 11.8 Å². The van der Waals surface area contributed by atoms with Gasteiger partial charge in [0.1, 0.15) is 6.10 Å². The Morgan fingerprint density at radius 3 is 2.48 bits per heavy atom. The van der Waals surface area contributed by atoms with Gasteiger partial charge in [-0.15, -0.1) is 0 Å². The van der Waals surface area contributed by atoms with Gasteiger partial charge in [-0.1, -0.05) is 44.1 Å². The molecule has 5 heteroatoms. The second-order valence-electron chi connectivity index (χ2n) is 6.99. The van der Waals surface area contributed by atoms with Crippen LogP contribution in [0.15, 0.2) is 12.2 Å². The molecule has 1 rings (SSSR count). The third-order valence-electron chi connectivity index (χ3n) is 4.93. The summed E-state index contributed by atoms with van der Waals surface area (Å²) in [5, 5.41) is 37.9. The largest absolute Gasteiger partial charge is 0.481 e. The van der Waals surface area contributed by atoms with E-state index in [1.165, 1.54) is 0 Å². The van der Waals surface area contributed by atoms with Crippen molar-refractivity contribution in [2.24, 2.45) is 11.8 Å². The van der Waals surface area contributed by atoms with Crippen molar-refractivity contribution in [1.82, 2.24) is 0 Å². The molecule has 5 atom stereocenters. The van der Waals surface area contributed by atoms with Crippen molar-refractivity contribution in [2.45, 2.75) is 83.0 Å². The first kappa shape index (κ1) is 21.7. The Kier molecular flexibility index (Phi) is 10.5. The fourth-order valence-corrected chi connectivity index (χ4v) is 3.22. The first-order chi connectivity index (χ1) is 11.9. The molecule has 142 valence electrons. The number of carboxylic acid groups (broad SMARTS) is 1. The van der Waals surface area contributed by atoms with Crippen LogP contribution in [-0.2, 0) is 4.79 Å². The molecule has 4 N–H and O–H groups in total. The van der Waals surface area contributed by atoms with Gasteiger partial charge in [-0.3, -0.25) is 4.79 Å². The minimum atomic E-state index is -0.797. The van der Waals surface area contributed by atoms with E-state index >= 15 is 0 Å². The summed E-state index contributed by atoms with van der Waals surface area (Å²) in [5.41, 5.74) is 0. The van der Waals surface area contributed by atoms with Crippen molar-refractivity contribution < 1.29 is 25.2 Å². The summed E-state index contributed by atoms with van der Waals surface area (Å²) in [6, 6.07) is 0. The molecule has 0 spiro atoms. The van der Waals surface area contributed by atoms with E-state index in [1.807, 2.05) is 13.0 Å². The van der Waals surface area contributed by atoms with E-state index in [9.17, 15) is 20.1 Å². The molecule has 25 heavy (non-hydrogen) atoms. The highest BCUT2D eigenvalue weighted by molar-refractivity contribution is 5.66. The average Bonchev–Trinajstić information content (AvgIpc) is 2.79. The molecule has 5 nitrogen and oxygen atoms in total. The molecule has 0 saturated heterocycles. The lowest BCUT2D eigenvalue weighted by molar-refractivity contribution is -0.137. The van der Waals surface area contributed by atoms with E-state index in [1.54, 1.807) is 6.08 Å². The molecule has 0 aromatic heterocycles. The maximum absolute atomic E-state index is 10.4. The Morgan fingerprint density at radius 2 is 1.84 bits per heavy atom. The van der Waals surface area contributed by atoms with Gasteiger partial charge in [0, 0.05) is 18.8 Å². The van der Waals surface area contributed by atoms with Gasteiger partial charge >= 0.3 is 5.97 Å². The Labute approximate surface area is 150 Å². The normalized spacial score (nSPS) is 27.2. The van der Waals surface area contributed by atoms with Gasteiger partial charge in [-0.2, -0.15) is 0 Å². The Bertz CT molecular complexity index is 476. The predicted octanol–water partition coefficient (Wildman–Crippen LogP) is 2.49. The zero-order chi connectivity index (χ0) is 18.7. The molecule has 1 aliphatic rings. The lowest BCUT2D eigenvalue weighted by atomic mass is 9.92. The van der Waals surface area contributed by atoms with E-state index in [2.05, 4.69) is 11.8 Å². The maximum atomic E-state index is 10.4. The zero-order valence-electron chi connectivity index (χ0n) is 15.1. The molecule has 0 heterocycles.